The van der Waals surface area contributed by atoms with Gasteiger partial charge in [0, 0.05) is 6.04 Å². The standard InChI is InChI=1S/C11H15ClN4O2S/c1-19-11-14-9(12)8(16(17)18)10(15-11)13-7-5-3-2-4-6-7/h7H,2-6H2,1H3,(H,13,14,15). The van der Waals surface area contributed by atoms with Crippen molar-refractivity contribution < 1.29 is 4.92 Å². The average Bonchev–Trinajstić information content (AvgIpc) is 2.38. The Hall–Kier alpha value is -1.08. The summed E-state index contributed by atoms with van der Waals surface area (Å²) in [5.41, 5.74) is -0.231. The fourth-order valence-electron chi connectivity index (χ4n) is 2.20. The molecular formula is C11H15ClN4O2S. The highest BCUT2D eigenvalue weighted by molar-refractivity contribution is 7.98. The van der Waals surface area contributed by atoms with E-state index in [9.17, 15) is 10.1 Å². The lowest BCUT2D eigenvalue weighted by molar-refractivity contribution is -0.384. The van der Waals surface area contributed by atoms with Gasteiger partial charge in [-0.25, -0.2) is 4.98 Å². The smallest absolute Gasteiger partial charge is 0.348 e. The number of halogens is 1. The van der Waals surface area contributed by atoms with Crippen LogP contribution < -0.4 is 5.32 Å². The van der Waals surface area contributed by atoms with E-state index in [2.05, 4.69) is 15.3 Å². The molecular weight excluding hydrogens is 288 g/mol. The van der Waals surface area contributed by atoms with Gasteiger partial charge in [0.2, 0.25) is 11.0 Å². The maximum atomic E-state index is 11.1. The fraction of sp³-hybridized carbons (Fsp3) is 0.636. The third kappa shape index (κ3) is 3.48. The van der Waals surface area contributed by atoms with Crippen molar-refractivity contribution in [3.63, 3.8) is 0 Å². The lowest BCUT2D eigenvalue weighted by atomic mass is 9.95. The predicted molar refractivity (Wildman–Crippen MR) is 76.0 cm³/mol. The van der Waals surface area contributed by atoms with Crippen molar-refractivity contribution >= 4 is 34.9 Å². The Morgan fingerprint density at radius 1 is 1.37 bits per heavy atom. The minimum absolute atomic E-state index is 0.109. The summed E-state index contributed by atoms with van der Waals surface area (Å²) < 4.78 is 0. The van der Waals surface area contributed by atoms with Crippen molar-refractivity contribution in [2.75, 3.05) is 11.6 Å². The highest BCUT2D eigenvalue weighted by Gasteiger charge is 2.26. The summed E-state index contributed by atoms with van der Waals surface area (Å²) >= 11 is 7.19. The lowest BCUT2D eigenvalue weighted by Gasteiger charge is -2.23. The molecule has 6 nitrogen and oxygen atoms in total. The van der Waals surface area contributed by atoms with Crippen molar-refractivity contribution in [2.24, 2.45) is 0 Å². The van der Waals surface area contributed by atoms with Gasteiger partial charge in [0.1, 0.15) is 0 Å². The number of anilines is 1. The van der Waals surface area contributed by atoms with Gasteiger partial charge in [-0.05, 0) is 19.1 Å². The van der Waals surface area contributed by atoms with Crippen LogP contribution in [0.4, 0.5) is 11.5 Å². The van der Waals surface area contributed by atoms with E-state index in [1.807, 2.05) is 6.26 Å². The molecule has 1 N–H and O–H groups in total. The summed E-state index contributed by atoms with van der Waals surface area (Å²) in [5, 5.41) is 14.6. The van der Waals surface area contributed by atoms with Gasteiger partial charge in [0.05, 0.1) is 4.92 Å². The van der Waals surface area contributed by atoms with Crippen LogP contribution in [-0.2, 0) is 0 Å². The highest BCUT2D eigenvalue weighted by atomic mass is 35.5. The van der Waals surface area contributed by atoms with Gasteiger partial charge in [0.25, 0.3) is 0 Å². The molecule has 19 heavy (non-hydrogen) atoms. The molecule has 2 rings (SSSR count). The number of hydrogen-bond donors (Lipinski definition) is 1. The second kappa shape index (κ2) is 6.38. The number of hydrogen-bond acceptors (Lipinski definition) is 6. The van der Waals surface area contributed by atoms with E-state index in [-0.39, 0.29) is 22.7 Å². The van der Waals surface area contributed by atoms with E-state index in [1.165, 1.54) is 18.2 Å². The third-order valence-corrected chi connectivity index (χ3v) is 3.94. The monoisotopic (exact) mass is 302 g/mol. The van der Waals surface area contributed by atoms with Crippen LogP contribution in [0.1, 0.15) is 32.1 Å². The first-order chi connectivity index (χ1) is 9.11. The Labute approximate surface area is 120 Å². The van der Waals surface area contributed by atoms with Gasteiger partial charge in [-0.15, -0.1) is 0 Å². The molecule has 1 aromatic heterocycles. The molecule has 1 aromatic rings. The van der Waals surface area contributed by atoms with E-state index in [4.69, 9.17) is 11.6 Å². The zero-order valence-electron chi connectivity index (χ0n) is 10.6. The molecule has 0 aliphatic heterocycles. The van der Waals surface area contributed by atoms with Crippen LogP contribution >= 0.6 is 23.4 Å². The lowest BCUT2D eigenvalue weighted by Crippen LogP contribution is -2.23. The minimum atomic E-state index is -0.530. The Morgan fingerprint density at radius 3 is 2.63 bits per heavy atom. The molecule has 0 aromatic carbocycles. The topological polar surface area (TPSA) is 81.0 Å². The summed E-state index contributed by atoms with van der Waals surface area (Å²) in [5.74, 6) is 0.237. The number of thioether (sulfide) groups is 1. The molecule has 1 fully saturated rings. The molecule has 0 atom stereocenters. The van der Waals surface area contributed by atoms with E-state index in [1.54, 1.807) is 0 Å². The summed E-state index contributed by atoms with van der Waals surface area (Å²) in [6.07, 6.45) is 7.32. The first-order valence-electron chi connectivity index (χ1n) is 6.14. The number of nitrogens with zero attached hydrogens (tertiary/aromatic N) is 3. The van der Waals surface area contributed by atoms with E-state index in [0.29, 0.717) is 5.16 Å². The number of aromatic nitrogens is 2. The largest absolute Gasteiger partial charge is 0.361 e. The Morgan fingerprint density at radius 2 is 2.05 bits per heavy atom. The summed E-state index contributed by atoms with van der Waals surface area (Å²) in [4.78, 5) is 18.6. The van der Waals surface area contributed by atoms with Crippen molar-refractivity contribution in [1.82, 2.24) is 9.97 Å². The second-order valence-corrected chi connectivity index (χ2v) is 5.57. The number of rotatable bonds is 4. The van der Waals surface area contributed by atoms with Crippen LogP contribution in [-0.4, -0.2) is 27.2 Å². The predicted octanol–water partition coefficient (Wildman–Crippen LogP) is 3.50. The summed E-state index contributed by atoms with van der Waals surface area (Å²) in [6.45, 7) is 0. The summed E-state index contributed by atoms with van der Waals surface area (Å²) in [6, 6.07) is 0.230. The molecule has 0 spiro atoms. The quantitative estimate of drug-likeness (QED) is 0.301. The van der Waals surface area contributed by atoms with Crippen LogP contribution in [0.5, 0.6) is 0 Å². The fourth-order valence-corrected chi connectivity index (χ4v) is 2.86. The van der Waals surface area contributed by atoms with Gasteiger partial charge in [-0.3, -0.25) is 10.1 Å². The SMILES string of the molecule is CSc1nc(Cl)c([N+](=O)[O-])c(NC2CCCCC2)n1. The maximum absolute atomic E-state index is 11.1. The van der Waals surface area contributed by atoms with Crippen molar-refractivity contribution in [3.05, 3.63) is 15.3 Å². The number of nitrogens with one attached hydrogen (secondary N) is 1. The van der Waals surface area contributed by atoms with Gasteiger partial charge < -0.3 is 5.32 Å². The van der Waals surface area contributed by atoms with Crippen LogP contribution in [0.2, 0.25) is 5.15 Å². The Balaban J connectivity index is 2.29. The van der Waals surface area contributed by atoms with E-state index >= 15 is 0 Å². The molecule has 8 heteroatoms. The zero-order chi connectivity index (χ0) is 13.8. The van der Waals surface area contributed by atoms with Crippen molar-refractivity contribution in [3.8, 4) is 0 Å². The molecule has 0 unspecified atom stereocenters. The van der Waals surface area contributed by atoms with Gasteiger partial charge >= 0.3 is 5.69 Å². The molecule has 1 aliphatic rings. The Bertz CT molecular complexity index is 480. The highest BCUT2D eigenvalue weighted by Crippen LogP contribution is 2.33. The molecule has 0 bridgehead atoms. The molecule has 104 valence electrons. The third-order valence-electron chi connectivity index (χ3n) is 3.13. The van der Waals surface area contributed by atoms with Crippen LogP contribution in [0.3, 0.4) is 0 Å². The zero-order valence-corrected chi connectivity index (χ0v) is 12.1. The molecule has 0 radical (unpaired) electrons. The first kappa shape index (κ1) is 14.3. The van der Waals surface area contributed by atoms with Crippen molar-refractivity contribution in [2.45, 2.75) is 43.3 Å². The van der Waals surface area contributed by atoms with Gasteiger partial charge in [-0.1, -0.05) is 42.6 Å². The molecule has 1 heterocycles. The second-order valence-electron chi connectivity index (χ2n) is 4.43. The van der Waals surface area contributed by atoms with E-state index in [0.717, 1.165) is 25.7 Å². The molecule has 1 saturated carbocycles. The first-order valence-corrected chi connectivity index (χ1v) is 7.74. The van der Waals surface area contributed by atoms with Gasteiger partial charge in [-0.2, -0.15) is 4.98 Å². The van der Waals surface area contributed by atoms with Crippen LogP contribution in [0, 0.1) is 10.1 Å². The van der Waals surface area contributed by atoms with Crippen LogP contribution in [0.25, 0.3) is 0 Å². The van der Waals surface area contributed by atoms with Crippen molar-refractivity contribution in [1.29, 1.82) is 0 Å². The minimum Gasteiger partial charge on any atom is -0.361 e. The molecule has 1 aliphatic carbocycles. The maximum Gasteiger partial charge on any atom is 0.348 e. The van der Waals surface area contributed by atoms with Crippen LogP contribution in [0.15, 0.2) is 5.16 Å². The average molecular weight is 303 g/mol. The molecule has 0 saturated heterocycles. The van der Waals surface area contributed by atoms with E-state index < -0.39 is 4.92 Å². The molecule has 0 amide bonds. The Kier molecular flexibility index (Phi) is 4.81. The summed E-state index contributed by atoms with van der Waals surface area (Å²) in [7, 11) is 0. The normalized spacial score (nSPS) is 16.3. The van der Waals surface area contributed by atoms with Gasteiger partial charge in [0.15, 0.2) is 5.16 Å². The number of nitro groups is 1.